The van der Waals surface area contributed by atoms with Crippen molar-refractivity contribution in [2.24, 2.45) is 14.1 Å². The molecule has 0 aliphatic carbocycles. The van der Waals surface area contributed by atoms with Crippen molar-refractivity contribution in [3.05, 3.63) is 28.8 Å². The van der Waals surface area contributed by atoms with Gasteiger partial charge in [0, 0.05) is 37.8 Å². The Balaban J connectivity index is 2.13. The van der Waals surface area contributed by atoms with Crippen LogP contribution in [-0.4, -0.2) is 19.3 Å². The summed E-state index contributed by atoms with van der Waals surface area (Å²) in [6, 6.07) is 0. The molecule has 0 amide bonds. The van der Waals surface area contributed by atoms with Gasteiger partial charge >= 0.3 is 0 Å². The second kappa shape index (κ2) is 4.51. The van der Waals surface area contributed by atoms with Gasteiger partial charge in [-0.15, -0.1) is 0 Å². The van der Waals surface area contributed by atoms with E-state index in [0.29, 0.717) is 5.15 Å². The first kappa shape index (κ1) is 11.5. The molecule has 16 heavy (non-hydrogen) atoms. The van der Waals surface area contributed by atoms with E-state index in [9.17, 15) is 0 Å². The molecule has 6 heteroatoms. The fourth-order valence-electron chi connectivity index (χ4n) is 1.47. The number of halogens is 1. The van der Waals surface area contributed by atoms with Gasteiger partial charge in [-0.1, -0.05) is 23.4 Å². The van der Waals surface area contributed by atoms with Crippen molar-refractivity contribution in [1.82, 2.24) is 19.3 Å². The molecule has 0 spiro atoms. The molecule has 0 aromatic carbocycles. The monoisotopic (exact) mass is 256 g/mol. The van der Waals surface area contributed by atoms with Crippen LogP contribution in [0, 0.1) is 6.92 Å². The first-order valence-corrected chi connectivity index (χ1v) is 6.24. The predicted octanol–water partition coefficient (Wildman–Crippen LogP) is 2.41. The van der Waals surface area contributed by atoms with E-state index in [1.807, 2.05) is 31.8 Å². The molecular formula is C10H13ClN4S. The Hall–Kier alpha value is -0.940. The number of hydrogen-bond donors (Lipinski definition) is 0. The zero-order chi connectivity index (χ0) is 11.7. The van der Waals surface area contributed by atoms with Gasteiger partial charge in [-0.25, -0.2) is 4.98 Å². The molecule has 2 aromatic heterocycles. The van der Waals surface area contributed by atoms with E-state index in [1.54, 1.807) is 22.6 Å². The lowest BCUT2D eigenvalue weighted by Crippen LogP contribution is -1.91. The molecule has 2 heterocycles. The summed E-state index contributed by atoms with van der Waals surface area (Å²) in [7, 11) is 3.83. The van der Waals surface area contributed by atoms with Crippen molar-refractivity contribution in [3.8, 4) is 0 Å². The van der Waals surface area contributed by atoms with Crippen LogP contribution in [0.3, 0.4) is 0 Å². The fourth-order valence-corrected chi connectivity index (χ4v) is 2.81. The Morgan fingerprint density at radius 1 is 1.44 bits per heavy atom. The van der Waals surface area contributed by atoms with Gasteiger partial charge < -0.3 is 4.57 Å². The minimum absolute atomic E-state index is 0.708. The summed E-state index contributed by atoms with van der Waals surface area (Å²) in [5.41, 5.74) is 2.06. The van der Waals surface area contributed by atoms with Crippen molar-refractivity contribution in [2.45, 2.75) is 17.8 Å². The Bertz CT molecular complexity index is 503. The fraction of sp³-hybridized carbons (Fsp3) is 0.400. The van der Waals surface area contributed by atoms with Crippen LogP contribution in [-0.2, 0) is 19.8 Å². The number of rotatable bonds is 3. The largest absolute Gasteiger partial charge is 0.329 e. The van der Waals surface area contributed by atoms with E-state index in [0.717, 1.165) is 22.2 Å². The van der Waals surface area contributed by atoms with Crippen LogP contribution in [0.2, 0.25) is 5.15 Å². The highest BCUT2D eigenvalue weighted by Gasteiger charge is 2.12. The molecule has 4 nitrogen and oxygen atoms in total. The first-order valence-electron chi connectivity index (χ1n) is 4.87. The summed E-state index contributed by atoms with van der Waals surface area (Å²) in [6.07, 6.45) is 3.72. The second-order valence-corrected chi connectivity index (χ2v) is 4.89. The van der Waals surface area contributed by atoms with E-state index < -0.39 is 0 Å². The minimum atomic E-state index is 0.708. The molecule has 0 saturated heterocycles. The van der Waals surface area contributed by atoms with Crippen molar-refractivity contribution in [2.75, 3.05) is 0 Å². The van der Waals surface area contributed by atoms with Crippen LogP contribution >= 0.6 is 23.4 Å². The lowest BCUT2D eigenvalue weighted by Gasteiger charge is -2.01. The number of hydrogen-bond acceptors (Lipinski definition) is 3. The molecule has 0 bridgehead atoms. The Morgan fingerprint density at radius 3 is 2.69 bits per heavy atom. The molecule has 0 unspecified atom stereocenters. The van der Waals surface area contributed by atoms with Crippen molar-refractivity contribution in [1.29, 1.82) is 0 Å². The average molecular weight is 257 g/mol. The van der Waals surface area contributed by atoms with Gasteiger partial charge in [0.05, 0.1) is 5.69 Å². The van der Waals surface area contributed by atoms with Gasteiger partial charge in [0.15, 0.2) is 5.16 Å². The molecule has 0 radical (unpaired) electrons. The Morgan fingerprint density at radius 2 is 2.19 bits per heavy atom. The van der Waals surface area contributed by atoms with E-state index in [4.69, 9.17) is 11.6 Å². The molecule has 0 fully saturated rings. The highest BCUT2D eigenvalue weighted by atomic mass is 35.5. The third-order valence-corrected chi connectivity index (χ3v) is 3.95. The van der Waals surface area contributed by atoms with Crippen LogP contribution in [0.4, 0.5) is 0 Å². The molecule has 0 atom stereocenters. The maximum absolute atomic E-state index is 6.15. The lowest BCUT2D eigenvalue weighted by atomic mass is 10.3. The van der Waals surface area contributed by atoms with Crippen LogP contribution in [0.15, 0.2) is 17.6 Å². The second-order valence-electron chi connectivity index (χ2n) is 3.59. The summed E-state index contributed by atoms with van der Waals surface area (Å²) in [6.45, 7) is 1.97. The zero-order valence-corrected chi connectivity index (χ0v) is 11.0. The van der Waals surface area contributed by atoms with E-state index >= 15 is 0 Å². The molecule has 0 aliphatic rings. The highest BCUT2D eigenvalue weighted by molar-refractivity contribution is 7.98. The van der Waals surface area contributed by atoms with Gasteiger partial charge in [-0.3, -0.25) is 4.68 Å². The maximum atomic E-state index is 6.15. The van der Waals surface area contributed by atoms with Crippen LogP contribution in [0.25, 0.3) is 0 Å². The van der Waals surface area contributed by atoms with Gasteiger partial charge in [0.1, 0.15) is 5.15 Å². The van der Waals surface area contributed by atoms with Gasteiger partial charge in [-0.2, -0.15) is 5.10 Å². The van der Waals surface area contributed by atoms with Crippen LogP contribution in [0.1, 0.15) is 11.3 Å². The SMILES string of the molecule is Cc1nn(C)c(Cl)c1CSc1nccn1C. The average Bonchev–Trinajstić information content (AvgIpc) is 2.72. The van der Waals surface area contributed by atoms with Gasteiger partial charge in [0.2, 0.25) is 0 Å². The van der Waals surface area contributed by atoms with Crippen molar-refractivity contribution in [3.63, 3.8) is 0 Å². The number of aromatic nitrogens is 4. The standard InChI is InChI=1S/C10H13ClN4S/c1-7-8(9(11)15(3)13-7)6-16-10-12-4-5-14(10)2/h4-5H,6H2,1-3H3. The normalized spacial score (nSPS) is 11.0. The van der Waals surface area contributed by atoms with E-state index in [2.05, 4.69) is 10.1 Å². The van der Waals surface area contributed by atoms with E-state index in [-0.39, 0.29) is 0 Å². The maximum Gasteiger partial charge on any atom is 0.167 e. The minimum Gasteiger partial charge on any atom is -0.329 e. The molecular weight excluding hydrogens is 244 g/mol. The first-order chi connectivity index (χ1) is 7.59. The van der Waals surface area contributed by atoms with Gasteiger partial charge in [0.25, 0.3) is 0 Å². The highest BCUT2D eigenvalue weighted by Crippen LogP contribution is 2.27. The van der Waals surface area contributed by atoms with Gasteiger partial charge in [-0.05, 0) is 6.92 Å². The zero-order valence-electron chi connectivity index (χ0n) is 9.44. The third kappa shape index (κ3) is 2.10. The summed E-state index contributed by atoms with van der Waals surface area (Å²) in [5, 5.41) is 5.97. The third-order valence-electron chi connectivity index (χ3n) is 2.39. The number of nitrogens with zero attached hydrogens (tertiary/aromatic N) is 4. The topological polar surface area (TPSA) is 35.6 Å². The summed E-state index contributed by atoms with van der Waals surface area (Å²) < 4.78 is 3.69. The van der Waals surface area contributed by atoms with Crippen LogP contribution < -0.4 is 0 Å². The van der Waals surface area contributed by atoms with Crippen LogP contribution in [0.5, 0.6) is 0 Å². The molecule has 0 N–H and O–H groups in total. The quantitative estimate of drug-likeness (QED) is 0.792. The summed E-state index contributed by atoms with van der Waals surface area (Å²) in [5.74, 6) is 0.795. The lowest BCUT2D eigenvalue weighted by molar-refractivity contribution is 0.757. The van der Waals surface area contributed by atoms with E-state index in [1.165, 1.54) is 0 Å². The smallest absolute Gasteiger partial charge is 0.167 e. The van der Waals surface area contributed by atoms with Crippen molar-refractivity contribution < 1.29 is 0 Å². The molecule has 86 valence electrons. The summed E-state index contributed by atoms with van der Waals surface area (Å²) in [4.78, 5) is 4.25. The molecule has 0 aliphatic heterocycles. The number of thioether (sulfide) groups is 1. The molecule has 0 saturated carbocycles. The van der Waals surface area contributed by atoms with Crippen molar-refractivity contribution >= 4 is 23.4 Å². The Labute approximate surface area is 104 Å². The predicted molar refractivity (Wildman–Crippen MR) is 65.7 cm³/mol. The number of imidazole rings is 1. The molecule has 2 aromatic rings. The Kier molecular flexibility index (Phi) is 3.25. The molecule has 2 rings (SSSR count). The number of aryl methyl sites for hydroxylation is 3. The summed E-state index contributed by atoms with van der Waals surface area (Å²) >= 11 is 7.82.